The van der Waals surface area contributed by atoms with Gasteiger partial charge in [-0.05, 0) is 207 Å². The monoisotopic (exact) mass is 1660 g/mol. The Morgan fingerprint density at radius 3 is 0.735 bits per heavy atom. The molecule has 0 spiro atoms. The lowest BCUT2D eigenvalue weighted by molar-refractivity contribution is -0.117. The van der Waals surface area contributed by atoms with Gasteiger partial charge in [0.05, 0.1) is 45.8 Å². The number of carbonyl (C=O) groups is 4. The Balaban J connectivity index is 0.000000178. The molecule has 0 aliphatic heterocycles. The van der Waals surface area contributed by atoms with Crippen LogP contribution in [0.1, 0.15) is 149 Å². The van der Waals surface area contributed by atoms with Gasteiger partial charge in [0, 0.05) is 72.7 Å². The summed E-state index contributed by atoms with van der Waals surface area (Å²) in [5.41, 5.74) is 13.6. The zero-order valence-electron chi connectivity index (χ0n) is 67.3. The van der Waals surface area contributed by atoms with Gasteiger partial charge >= 0.3 is 0 Å². The molecule has 117 heavy (non-hydrogen) atoms. The largest absolute Gasteiger partial charge is 0.441 e. The van der Waals surface area contributed by atoms with E-state index in [1.807, 2.05) is 203 Å². The minimum atomic E-state index is -3.61. The number of sulfone groups is 4. The summed E-state index contributed by atoms with van der Waals surface area (Å²) in [7, 11) is -14.4. The second-order valence-corrected chi connectivity index (χ2v) is 37.4. The van der Waals surface area contributed by atoms with E-state index in [0.29, 0.717) is 95.1 Å². The number of pyridine rings is 2. The summed E-state index contributed by atoms with van der Waals surface area (Å²) in [4.78, 5) is 73.9. The topological polar surface area (TPSA) is 335 Å². The van der Waals surface area contributed by atoms with Crippen molar-refractivity contribution in [2.75, 3.05) is 23.0 Å². The highest BCUT2D eigenvalue weighted by Gasteiger charge is 2.27. The summed E-state index contributed by atoms with van der Waals surface area (Å²) in [6, 6.07) is 58.0. The molecule has 22 nitrogen and oxygen atoms in total. The molecule has 12 rings (SSSR count). The zero-order chi connectivity index (χ0) is 84.1. The first kappa shape index (κ1) is 89.9. The van der Waals surface area contributed by atoms with Crippen molar-refractivity contribution >= 4 is 62.5 Å². The highest BCUT2D eigenvalue weighted by atomic mass is 32.2. The van der Waals surface area contributed by atoms with E-state index in [4.69, 9.17) is 17.7 Å². The lowest BCUT2D eigenvalue weighted by Gasteiger charge is -2.03. The number of aromatic nitrogens is 6. The highest BCUT2D eigenvalue weighted by molar-refractivity contribution is 7.92. The van der Waals surface area contributed by atoms with E-state index < -0.39 is 62.4 Å². The second kappa shape index (κ2) is 43.2. The Labute approximate surface area is 686 Å². The van der Waals surface area contributed by atoms with Crippen LogP contribution in [0.15, 0.2) is 224 Å². The highest BCUT2D eigenvalue weighted by Crippen LogP contribution is 2.29. The quantitative estimate of drug-likeness (QED) is 0.0349. The predicted molar refractivity (Wildman–Crippen MR) is 453 cm³/mol. The number of Topliss-reactive ketones (excluding diaryl/α,β-unsaturated/α-hetero) is 4. The first-order valence-corrected chi connectivity index (χ1v) is 46.0. The normalized spacial score (nSPS) is 11.5. The van der Waals surface area contributed by atoms with Gasteiger partial charge in [0.25, 0.3) is 0 Å². The van der Waals surface area contributed by atoms with Gasteiger partial charge in [-0.1, -0.05) is 133 Å². The molecule has 0 amide bonds. The van der Waals surface area contributed by atoms with Crippen LogP contribution < -0.4 is 0 Å². The Bertz CT molecular complexity index is 5300. The molecule has 0 fully saturated rings. The van der Waals surface area contributed by atoms with E-state index in [0.717, 1.165) is 93.3 Å². The number of rotatable bonds is 37. The predicted octanol–water partition coefficient (Wildman–Crippen LogP) is 16.9. The number of aryl methyl sites for hydroxylation is 12. The molecule has 0 saturated heterocycles. The van der Waals surface area contributed by atoms with Crippen LogP contribution in [0.3, 0.4) is 0 Å². The van der Waals surface area contributed by atoms with E-state index in [1.54, 1.807) is 52.5 Å². The first-order valence-electron chi connectivity index (χ1n) is 38.7. The van der Waals surface area contributed by atoms with Gasteiger partial charge in [-0.2, -0.15) is 0 Å². The fraction of sp³-hybridized carbons (Fsp3) is 0.319. The fourth-order valence-corrected chi connectivity index (χ4v) is 18.1. The van der Waals surface area contributed by atoms with Gasteiger partial charge < -0.3 is 17.7 Å². The van der Waals surface area contributed by atoms with E-state index in [9.17, 15) is 52.8 Å². The van der Waals surface area contributed by atoms with Crippen molar-refractivity contribution in [3.63, 3.8) is 0 Å². The van der Waals surface area contributed by atoms with E-state index >= 15 is 0 Å². The Morgan fingerprint density at radius 2 is 0.504 bits per heavy atom. The number of nitrogens with zero attached hydrogens (tertiary/aromatic N) is 6. The van der Waals surface area contributed by atoms with Gasteiger partial charge in [0.1, 0.15) is 69.2 Å². The van der Waals surface area contributed by atoms with Crippen molar-refractivity contribution in [2.45, 2.75) is 162 Å². The molecule has 0 atom stereocenters. The van der Waals surface area contributed by atoms with Gasteiger partial charge in [-0.15, -0.1) is 0 Å². The molecule has 0 N–H and O–H groups in total. The van der Waals surface area contributed by atoms with Crippen LogP contribution in [0.4, 0.5) is 0 Å². The second-order valence-electron chi connectivity index (χ2n) is 29.1. The molecule has 0 saturated carbocycles. The summed E-state index contributed by atoms with van der Waals surface area (Å²) in [5.74, 6) is -0.764. The van der Waals surface area contributed by atoms with E-state index in [-0.39, 0.29) is 71.8 Å². The minimum Gasteiger partial charge on any atom is -0.441 e. The summed E-state index contributed by atoms with van der Waals surface area (Å²) in [6.07, 6.45) is 14.2. The third-order valence-corrected chi connectivity index (χ3v) is 24.8. The van der Waals surface area contributed by atoms with Crippen molar-refractivity contribution in [2.24, 2.45) is 0 Å². The molecule has 6 heterocycles. The maximum atomic E-state index is 12.5. The van der Waals surface area contributed by atoms with Crippen molar-refractivity contribution in [3.05, 3.63) is 297 Å². The van der Waals surface area contributed by atoms with Gasteiger partial charge in [-0.3, -0.25) is 29.1 Å². The molecule has 6 aromatic heterocycles. The van der Waals surface area contributed by atoms with Gasteiger partial charge in [0.2, 0.25) is 23.6 Å². The lowest BCUT2D eigenvalue weighted by Crippen LogP contribution is -2.18. The summed E-state index contributed by atoms with van der Waals surface area (Å²) in [5, 5.41) is 0. The van der Waals surface area contributed by atoms with Crippen LogP contribution in [-0.2, 0) is 114 Å². The van der Waals surface area contributed by atoms with Crippen LogP contribution in [0.5, 0.6) is 0 Å². The Kier molecular flexibility index (Phi) is 33.2. The average molecular weight is 1660 g/mol. The summed E-state index contributed by atoms with van der Waals surface area (Å²) in [6.45, 7) is 14.8. The molecule has 12 aromatic rings. The van der Waals surface area contributed by atoms with Crippen LogP contribution >= 0.6 is 0 Å². The SMILES string of the molecule is CCc1ccc(-c2nc(CS(=O)(=O)CC(=O)CCCc3ccccc3)c(C)o2)cc1.Cc1ccc(-c2nc(CS(=O)(=O)CC(=O)CCCc3ccccc3)c(C)o2)cc1.Cc1ccc(-c2nc(CS(=O)(=O)CC(=O)CCCc3ccncc3)c(C)o2)cc1.Cc1ccc(-c2nc(CS(=O)(=O)CC(=O)CCCc3ccncc3)c(C)o2)cc1. The summed E-state index contributed by atoms with van der Waals surface area (Å²) < 4.78 is 123. The number of benzene rings is 6. The van der Waals surface area contributed by atoms with Crippen LogP contribution in [0.2, 0.25) is 0 Å². The van der Waals surface area contributed by atoms with Gasteiger partial charge in [0.15, 0.2) is 39.3 Å². The first-order chi connectivity index (χ1) is 55.8. The zero-order valence-corrected chi connectivity index (χ0v) is 70.6. The third kappa shape index (κ3) is 30.5. The van der Waals surface area contributed by atoms with E-state index in [2.05, 4.69) is 36.8 Å². The fourth-order valence-electron chi connectivity index (χ4n) is 12.4. The molecule has 0 aliphatic rings. The molecular formula is C91H100N6O16S4. The standard InChI is InChI=1S/C24H27NO4S.C23H25NO4S.2C22H24N2O4S/c1-3-19-12-14-21(15-13-19)24-25-23(18(2)29-24)17-30(27,28)16-22(26)11-7-10-20-8-5-4-6-9-20;1-17-11-13-20(14-12-17)23-24-22(18(2)28-23)16-29(26,27)15-21(25)10-6-9-19-7-4-3-5-8-19;2*1-16-6-8-19(9-7-16)22-24-21(17(2)28-22)15-29(26,27)14-20(25)5-3-4-18-10-12-23-13-11-18/h4-6,8-9,12-15H,3,7,10-11,16-17H2,1-2H3;3-5,7-8,11-14H,6,9-10,15-16H2,1-2H3;2*6-13H,3-5,14-15H2,1-2H3. The number of hydrogen-bond donors (Lipinski definition) is 0. The van der Waals surface area contributed by atoms with Crippen molar-refractivity contribution < 1.29 is 70.5 Å². The molecule has 0 aliphatic carbocycles. The molecule has 26 heteroatoms. The van der Waals surface area contributed by atoms with Crippen molar-refractivity contribution in [1.82, 2.24) is 29.9 Å². The maximum absolute atomic E-state index is 12.5. The van der Waals surface area contributed by atoms with E-state index in [1.165, 1.54) is 5.56 Å². The molecule has 0 bridgehead atoms. The molecule has 6 aromatic carbocycles. The average Bonchev–Trinajstić information content (AvgIpc) is 1.70. The number of ketones is 4. The Hall–Kier alpha value is -11.1. The summed E-state index contributed by atoms with van der Waals surface area (Å²) >= 11 is 0. The number of oxazole rings is 4. The molecule has 0 unspecified atom stereocenters. The van der Waals surface area contributed by atoms with Gasteiger partial charge in [-0.25, -0.2) is 53.6 Å². The van der Waals surface area contributed by atoms with Crippen LogP contribution in [0, 0.1) is 48.5 Å². The molecule has 614 valence electrons. The van der Waals surface area contributed by atoms with Crippen molar-refractivity contribution in [3.8, 4) is 45.8 Å². The number of carbonyl (C=O) groups excluding carboxylic acids is 4. The van der Waals surface area contributed by atoms with Crippen molar-refractivity contribution in [1.29, 1.82) is 0 Å². The van der Waals surface area contributed by atoms with Crippen LogP contribution in [-0.4, -0.2) is 110 Å². The molecular weight excluding hydrogens is 1560 g/mol. The maximum Gasteiger partial charge on any atom is 0.226 e. The minimum absolute atomic E-state index is 0.230. The third-order valence-electron chi connectivity index (χ3n) is 18.9. The molecule has 0 radical (unpaired) electrons. The lowest BCUT2D eigenvalue weighted by atomic mass is 10.1. The Morgan fingerprint density at radius 1 is 0.282 bits per heavy atom. The van der Waals surface area contributed by atoms with Crippen LogP contribution in [0.25, 0.3) is 45.8 Å². The number of hydrogen-bond acceptors (Lipinski definition) is 22. The smallest absolute Gasteiger partial charge is 0.226 e.